The van der Waals surface area contributed by atoms with Crippen LogP contribution >= 0.6 is 27.3 Å². The molecule has 0 aromatic carbocycles. The number of anilines is 1. The minimum Gasteiger partial charge on any atom is -0.347 e. The molecule has 3 heterocycles. The van der Waals surface area contributed by atoms with E-state index in [1.165, 1.54) is 45.2 Å². The van der Waals surface area contributed by atoms with Crippen LogP contribution in [0.1, 0.15) is 32.1 Å². The lowest BCUT2D eigenvalue weighted by molar-refractivity contribution is 0.141. The topological polar surface area (TPSA) is 32.3 Å². The van der Waals surface area contributed by atoms with Crippen LogP contribution in [0.25, 0.3) is 0 Å². The summed E-state index contributed by atoms with van der Waals surface area (Å²) in [5.74, 6) is 0. The maximum atomic E-state index is 4.21. The quantitative estimate of drug-likeness (QED) is 0.834. The highest BCUT2D eigenvalue weighted by Crippen LogP contribution is 2.28. The number of rotatable bonds is 2. The summed E-state index contributed by atoms with van der Waals surface area (Å²) in [4.78, 5) is 5.08. The summed E-state index contributed by atoms with van der Waals surface area (Å²) in [5, 5.41) is 9.31. The Morgan fingerprint density at radius 3 is 2.33 bits per heavy atom. The summed E-state index contributed by atoms with van der Waals surface area (Å²) in [5.41, 5.74) is 0. The first kappa shape index (κ1) is 12.8. The fraction of sp³-hybridized carbons (Fsp3) is 0.833. The van der Waals surface area contributed by atoms with Gasteiger partial charge in [-0.1, -0.05) is 17.8 Å². The van der Waals surface area contributed by atoms with Crippen LogP contribution < -0.4 is 4.90 Å². The Morgan fingerprint density at radius 1 is 1.00 bits per heavy atom. The Labute approximate surface area is 121 Å². The van der Waals surface area contributed by atoms with E-state index in [1.807, 2.05) is 0 Å². The second-order valence-corrected chi connectivity index (χ2v) is 7.38. The summed E-state index contributed by atoms with van der Waals surface area (Å²) in [6.45, 7) is 4.88. The van der Waals surface area contributed by atoms with Crippen molar-refractivity contribution in [3.8, 4) is 0 Å². The van der Waals surface area contributed by atoms with Gasteiger partial charge in [0.1, 0.15) is 0 Å². The molecule has 100 valence electrons. The Morgan fingerprint density at radius 2 is 1.72 bits per heavy atom. The Bertz CT molecular complexity index is 383. The zero-order valence-electron chi connectivity index (χ0n) is 10.5. The van der Waals surface area contributed by atoms with Gasteiger partial charge < -0.3 is 9.80 Å². The fourth-order valence-electron chi connectivity index (χ4n) is 3.03. The maximum absolute atomic E-state index is 4.21. The lowest BCUT2D eigenvalue weighted by atomic mass is 10.0. The molecule has 3 rings (SSSR count). The predicted octanol–water partition coefficient (Wildman–Crippen LogP) is 2.76. The van der Waals surface area contributed by atoms with Gasteiger partial charge in [-0.15, -0.1) is 10.2 Å². The third-order valence-electron chi connectivity index (χ3n) is 4.03. The average Bonchev–Trinajstić information content (AvgIpc) is 2.87. The number of hydrogen-bond acceptors (Lipinski definition) is 5. The molecular formula is C12H19BrN4S. The van der Waals surface area contributed by atoms with Crippen molar-refractivity contribution in [3.63, 3.8) is 0 Å². The van der Waals surface area contributed by atoms with E-state index in [4.69, 9.17) is 0 Å². The van der Waals surface area contributed by atoms with Gasteiger partial charge >= 0.3 is 0 Å². The highest BCUT2D eigenvalue weighted by atomic mass is 79.9. The number of nitrogens with zero attached hydrogens (tertiary/aromatic N) is 4. The van der Waals surface area contributed by atoms with Gasteiger partial charge in [0.2, 0.25) is 5.13 Å². The zero-order chi connectivity index (χ0) is 12.4. The van der Waals surface area contributed by atoms with Crippen molar-refractivity contribution in [2.24, 2.45) is 0 Å². The molecule has 2 aliphatic rings. The molecule has 0 radical (unpaired) electrons. The van der Waals surface area contributed by atoms with Gasteiger partial charge in [-0.05, 0) is 54.7 Å². The first-order chi connectivity index (χ1) is 8.83. The summed E-state index contributed by atoms with van der Waals surface area (Å²) >= 11 is 5.02. The highest BCUT2D eigenvalue weighted by Gasteiger charge is 2.26. The standard InChI is InChI=1S/C12H19BrN4S/c13-11-14-15-12(18-11)17-8-4-10(5-9-17)16-6-2-1-3-7-16/h10H,1-9H2. The van der Waals surface area contributed by atoms with Gasteiger partial charge in [0, 0.05) is 19.1 Å². The molecule has 0 bridgehead atoms. The molecule has 1 aromatic heterocycles. The molecule has 4 nitrogen and oxygen atoms in total. The second-order valence-electron chi connectivity index (χ2n) is 5.15. The minimum atomic E-state index is 0.804. The van der Waals surface area contributed by atoms with E-state index in [1.54, 1.807) is 11.3 Å². The van der Waals surface area contributed by atoms with Crippen LogP contribution in [0.15, 0.2) is 3.92 Å². The van der Waals surface area contributed by atoms with Gasteiger partial charge in [-0.2, -0.15) is 0 Å². The summed E-state index contributed by atoms with van der Waals surface area (Å²) in [7, 11) is 0. The maximum Gasteiger partial charge on any atom is 0.209 e. The van der Waals surface area contributed by atoms with Gasteiger partial charge in [-0.25, -0.2) is 0 Å². The number of aromatic nitrogens is 2. The van der Waals surface area contributed by atoms with E-state index in [9.17, 15) is 0 Å². The van der Waals surface area contributed by atoms with Gasteiger partial charge in [0.15, 0.2) is 3.92 Å². The SMILES string of the molecule is Brc1nnc(N2CCC(N3CCCCC3)CC2)s1. The van der Waals surface area contributed by atoms with E-state index in [0.29, 0.717) is 0 Å². The second kappa shape index (κ2) is 5.84. The van der Waals surface area contributed by atoms with Gasteiger partial charge in [0.05, 0.1) is 0 Å². The smallest absolute Gasteiger partial charge is 0.209 e. The van der Waals surface area contributed by atoms with Crippen molar-refractivity contribution in [2.45, 2.75) is 38.1 Å². The number of likely N-dealkylation sites (tertiary alicyclic amines) is 1. The molecule has 0 saturated carbocycles. The fourth-order valence-corrected chi connectivity index (χ4v) is 4.17. The van der Waals surface area contributed by atoms with Crippen LogP contribution in [-0.4, -0.2) is 47.3 Å². The molecule has 1 aromatic rings. The van der Waals surface area contributed by atoms with E-state index in [-0.39, 0.29) is 0 Å². The lowest BCUT2D eigenvalue weighted by Crippen LogP contribution is -2.46. The lowest BCUT2D eigenvalue weighted by Gasteiger charge is -2.40. The van der Waals surface area contributed by atoms with E-state index in [0.717, 1.165) is 28.2 Å². The van der Waals surface area contributed by atoms with Crippen molar-refractivity contribution in [2.75, 3.05) is 31.1 Å². The van der Waals surface area contributed by atoms with Crippen molar-refractivity contribution >= 4 is 32.4 Å². The molecule has 0 N–H and O–H groups in total. The van der Waals surface area contributed by atoms with Crippen LogP contribution in [-0.2, 0) is 0 Å². The van der Waals surface area contributed by atoms with Crippen LogP contribution in [0, 0.1) is 0 Å². The summed E-state index contributed by atoms with van der Waals surface area (Å²) in [6, 6.07) is 0.804. The normalized spacial score (nSPS) is 23.5. The number of halogens is 1. The zero-order valence-corrected chi connectivity index (χ0v) is 12.9. The Balaban J connectivity index is 1.54. The Hall–Kier alpha value is -0.200. The monoisotopic (exact) mass is 330 g/mol. The molecule has 0 amide bonds. The van der Waals surface area contributed by atoms with E-state index >= 15 is 0 Å². The van der Waals surface area contributed by atoms with E-state index < -0.39 is 0 Å². The molecule has 0 unspecified atom stereocenters. The van der Waals surface area contributed by atoms with E-state index in [2.05, 4.69) is 35.9 Å². The van der Waals surface area contributed by atoms with Crippen molar-refractivity contribution in [1.82, 2.24) is 15.1 Å². The minimum absolute atomic E-state index is 0.804. The van der Waals surface area contributed by atoms with Gasteiger partial charge in [-0.3, -0.25) is 0 Å². The van der Waals surface area contributed by atoms with Crippen LogP contribution in [0.5, 0.6) is 0 Å². The molecule has 6 heteroatoms. The molecule has 0 spiro atoms. The van der Waals surface area contributed by atoms with Crippen LogP contribution in [0.4, 0.5) is 5.13 Å². The molecule has 2 saturated heterocycles. The summed E-state index contributed by atoms with van der Waals surface area (Å²) < 4.78 is 0.885. The first-order valence-electron chi connectivity index (χ1n) is 6.81. The van der Waals surface area contributed by atoms with Crippen molar-refractivity contribution in [1.29, 1.82) is 0 Å². The summed E-state index contributed by atoms with van der Waals surface area (Å²) in [6.07, 6.45) is 6.76. The Kier molecular flexibility index (Phi) is 4.16. The molecule has 0 atom stereocenters. The number of piperidine rings is 2. The molecule has 2 aliphatic heterocycles. The molecular weight excluding hydrogens is 312 g/mol. The molecule has 2 fully saturated rings. The van der Waals surface area contributed by atoms with Crippen LogP contribution in [0.3, 0.4) is 0 Å². The van der Waals surface area contributed by atoms with Gasteiger partial charge in [0.25, 0.3) is 0 Å². The average molecular weight is 331 g/mol. The molecule has 0 aliphatic carbocycles. The highest BCUT2D eigenvalue weighted by molar-refractivity contribution is 9.11. The van der Waals surface area contributed by atoms with Crippen molar-refractivity contribution < 1.29 is 0 Å². The van der Waals surface area contributed by atoms with Crippen molar-refractivity contribution in [3.05, 3.63) is 3.92 Å². The molecule has 18 heavy (non-hydrogen) atoms. The number of hydrogen-bond donors (Lipinski definition) is 0. The largest absolute Gasteiger partial charge is 0.347 e. The predicted molar refractivity (Wildman–Crippen MR) is 78.3 cm³/mol. The first-order valence-corrected chi connectivity index (χ1v) is 8.42. The third-order valence-corrected chi connectivity index (χ3v) is 5.45. The van der Waals surface area contributed by atoms with Crippen LogP contribution in [0.2, 0.25) is 0 Å². The third kappa shape index (κ3) is 2.86.